The largest absolute Gasteiger partial charge is 0.370 e. The minimum Gasteiger partial charge on any atom is -0.370 e. The quantitative estimate of drug-likeness (QED) is 0.277. The highest BCUT2D eigenvalue weighted by atomic mass is 16.1. The Kier molecular flexibility index (Phi) is 7.54. The maximum Gasteiger partial charge on any atom is 0.185 e. The molecule has 94 valence electrons. The fraction of sp³-hybridized carbons (Fsp3) is 0.818. The first-order valence-corrected chi connectivity index (χ1v) is 5.86. The minimum atomic E-state index is -0.379. The van der Waals surface area contributed by atoms with Gasteiger partial charge in [0.15, 0.2) is 11.7 Å². The number of rotatable bonds is 8. The van der Waals surface area contributed by atoms with Gasteiger partial charge >= 0.3 is 0 Å². The first-order chi connectivity index (χ1) is 7.49. The van der Waals surface area contributed by atoms with Crippen LogP contribution in [0, 0.1) is 11.3 Å². The van der Waals surface area contributed by atoms with E-state index in [4.69, 9.17) is 16.9 Å². The van der Waals surface area contributed by atoms with Gasteiger partial charge in [0.05, 0.1) is 6.04 Å². The monoisotopic (exact) mass is 228 g/mol. The number of ketones is 1. The van der Waals surface area contributed by atoms with Gasteiger partial charge in [-0.15, -0.1) is 0 Å². The van der Waals surface area contributed by atoms with Crippen LogP contribution in [0.3, 0.4) is 0 Å². The summed E-state index contributed by atoms with van der Waals surface area (Å²) < 4.78 is 0. The van der Waals surface area contributed by atoms with Crippen molar-refractivity contribution in [3.05, 3.63) is 0 Å². The van der Waals surface area contributed by atoms with Crippen LogP contribution in [0.15, 0.2) is 0 Å². The number of carbonyl (C=O) groups excluding carboxylic acids is 1. The Hall–Kier alpha value is -1.10. The van der Waals surface area contributed by atoms with Crippen molar-refractivity contribution in [1.82, 2.24) is 5.32 Å². The van der Waals surface area contributed by atoms with E-state index in [0.29, 0.717) is 13.0 Å². The molecule has 5 nitrogen and oxygen atoms in total. The molecule has 0 aliphatic heterocycles. The summed E-state index contributed by atoms with van der Waals surface area (Å²) in [4.78, 5) is 11.7. The molecule has 0 aliphatic carbocycles. The SMILES string of the molecule is CCCC(C)C(=O)C(N)CCCNC(=N)N. The molecule has 5 heteroatoms. The summed E-state index contributed by atoms with van der Waals surface area (Å²) in [6.45, 7) is 4.59. The van der Waals surface area contributed by atoms with Crippen LogP contribution in [-0.2, 0) is 4.79 Å². The minimum absolute atomic E-state index is 0.0424. The smallest absolute Gasteiger partial charge is 0.185 e. The molecule has 0 aliphatic rings. The van der Waals surface area contributed by atoms with E-state index >= 15 is 0 Å². The fourth-order valence-electron chi connectivity index (χ4n) is 1.63. The molecule has 0 aromatic carbocycles. The zero-order valence-electron chi connectivity index (χ0n) is 10.3. The second-order valence-corrected chi connectivity index (χ2v) is 4.18. The third-order valence-corrected chi connectivity index (χ3v) is 2.58. The Morgan fingerprint density at radius 3 is 2.56 bits per heavy atom. The van der Waals surface area contributed by atoms with Crippen molar-refractivity contribution in [2.24, 2.45) is 17.4 Å². The van der Waals surface area contributed by atoms with Gasteiger partial charge in [-0.25, -0.2) is 0 Å². The highest BCUT2D eigenvalue weighted by Crippen LogP contribution is 2.10. The number of guanidine groups is 1. The number of nitrogens with one attached hydrogen (secondary N) is 2. The molecule has 0 spiro atoms. The van der Waals surface area contributed by atoms with E-state index in [0.717, 1.165) is 19.3 Å². The van der Waals surface area contributed by atoms with Crippen molar-refractivity contribution in [2.45, 2.75) is 45.6 Å². The summed E-state index contributed by atoms with van der Waals surface area (Å²) >= 11 is 0. The Bertz CT molecular complexity index is 230. The van der Waals surface area contributed by atoms with Crippen molar-refractivity contribution in [3.8, 4) is 0 Å². The molecule has 0 saturated heterocycles. The number of Topliss-reactive ketones (excluding diaryl/α,β-unsaturated/α-hetero) is 1. The molecular formula is C11H24N4O. The zero-order valence-corrected chi connectivity index (χ0v) is 10.3. The molecule has 0 radical (unpaired) electrons. The van der Waals surface area contributed by atoms with Gasteiger partial charge in [0.25, 0.3) is 0 Å². The van der Waals surface area contributed by atoms with E-state index < -0.39 is 0 Å². The summed E-state index contributed by atoms with van der Waals surface area (Å²) in [6.07, 6.45) is 3.31. The average molecular weight is 228 g/mol. The lowest BCUT2D eigenvalue weighted by molar-refractivity contribution is -0.124. The predicted octanol–water partition coefficient (Wildman–Crippen LogP) is 0.582. The van der Waals surface area contributed by atoms with Crippen LogP contribution in [-0.4, -0.2) is 24.3 Å². The van der Waals surface area contributed by atoms with Crippen LogP contribution in [0.1, 0.15) is 39.5 Å². The molecule has 0 fully saturated rings. The summed E-state index contributed by atoms with van der Waals surface area (Å²) in [5.74, 6) is 0.157. The highest BCUT2D eigenvalue weighted by Gasteiger charge is 2.18. The van der Waals surface area contributed by atoms with Gasteiger partial charge < -0.3 is 16.8 Å². The maximum atomic E-state index is 11.7. The van der Waals surface area contributed by atoms with Gasteiger partial charge in [0.1, 0.15) is 0 Å². The van der Waals surface area contributed by atoms with E-state index in [2.05, 4.69) is 12.2 Å². The van der Waals surface area contributed by atoms with Crippen LogP contribution in [0.25, 0.3) is 0 Å². The molecule has 2 unspecified atom stereocenters. The molecule has 0 aromatic heterocycles. The lowest BCUT2D eigenvalue weighted by Crippen LogP contribution is -2.36. The number of hydrogen-bond donors (Lipinski definition) is 4. The van der Waals surface area contributed by atoms with Gasteiger partial charge in [-0.1, -0.05) is 20.3 Å². The molecule has 0 rings (SSSR count). The van der Waals surface area contributed by atoms with E-state index in [1.165, 1.54) is 0 Å². The maximum absolute atomic E-state index is 11.7. The Morgan fingerprint density at radius 2 is 2.06 bits per heavy atom. The van der Waals surface area contributed by atoms with E-state index in [-0.39, 0.29) is 23.7 Å². The number of carbonyl (C=O) groups is 1. The molecule has 0 heterocycles. The molecule has 2 atom stereocenters. The van der Waals surface area contributed by atoms with Gasteiger partial charge in [-0.05, 0) is 19.3 Å². The Morgan fingerprint density at radius 1 is 1.44 bits per heavy atom. The number of nitrogens with two attached hydrogens (primary N) is 2. The molecule has 0 aromatic rings. The average Bonchev–Trinajstić information content (AvgIpc) is 2.23. The standard InChI is InChI=1S/C11H24N4O/c1-3-5-8(2)10(16)9(12)6-4-7-15-11(13)14/h8-9H,3-7,12H2,1-2H3,(H4,13,14,15). The highest BCUT2D eigenvalue weighted by molar-refractivity contribution is 5.85. The zero-order chi connectivity index (χ0) is 12.6. The van der Waals surface area contributed by atoms with E-state index in [1.807, 2.05) is 6.92 Å². The van der Waals surface area contributed by atoms with Crippen molar-refractivity contribution in [1.29, 1.82) is 5.41 Å². The van der Waals surface area contributed by atoms with Gasteiger partial charge in [0.2, 0.25) is 0 Å². The van der Waals surface area contributed by atoms with E-state index in [9.17, 15) is 4.79 Å². The molecule has 6 N–H and O–H groups in total. The van der Waals surface area contributed by atoms with Crippen molar-refractivity contribution in [2.75, 3.05) is 6.54 Å². The molecule has 0 amide bonds. The van der Waals surface area contributed by atoms with Gasteiger partial charge in [0, 0.05) is 12.5 Å². The van der Waals surface area contributed by atoms with E-state index in [1.54, 1.807) is 0 Å². The Balaban J connectivity index is 3.74. The lowest BCUT2D eigenvalue weighted by atomic mass is 9.94. The topological polar surface area (TPSA) is 105 Å². The van der Waals surface area contributed by atoms with Crippen LogP contribution in [0.2, 0.25) is 0 Å². The lowest BCUT2D eigenvalue weighted by Gasteiger charge is -2.15. The predicted molar refractivity (Wildman–Crippen MR) is 66.2 cm³/mol. The van der Waals surface area contributed by atoms with Crippen LogP contribution < -0.4 is 16.8 Å². The molecule has 0 bridgehead atoms. The summed E-state index contributed by atoms with van der Waals surface area (Å²) in [5, 5.41) is 9.64. The third-order valence-electron chi connectivity index (χ3n) is 2.58. The third kappa shape index (κ3) is 6.40. The second kappa shape index (κ2) is 8.10. The first kappa shape index (κ1) is 14.9. The van der Waals surface area contributed by atoms with Crippen LogP contribution >= 0.6 is 0 Å². The molecular weight excluding hydrogens is 204 g/mol. The fourth-order valence-corrected chi connectivity index (χ4v) is 1.63. The van der Waals surface area contributed by atoms with Crippen molar-refractivity contribution in [3.63, 3.8) is 0 Å². The summed E-state index contributed by atoms with van der Waals surface area (Å²) in [6, 6.07) is -0.379. The normalized spacial score (nSPS) is 14.2. The van der Waals surface area contributed by atoms with Crippen LogP contribution in [0.5, 0.6) is 0 Å². The second-order valence-electron chi connectivity index (χ2n) is 4.18. The summed E-state index contributed by atoms with van der Waals surface area (Å²) in [7, 11) is 0. The summed E-state index contributed by atoms with van der Waals surface area (Å²) in [5.41, 5.74) is 10.9. The van der Waals surface area contributed by atoms with Crippen molar-refractivity contribution < 1.29 is 4.79 Å². The van der Waals surface area contributed by atoms with Crippen LogP contribution in [0.4, 0.5) is 0 Å². The number of hydrogen-bond acceptors (Lipinski definition) is 3. The Labute approximate surface area is 97.5 Å². The van der Waals surface area contributed by atoms with Crippen molar-refractivity contribution >= 4 is 11.7 Å². The van der Waals surface area contributed by atoms with Gasteiger partial charge in [-0.3, -0.25) is 10.2 Å². The van der Waals surface area contributed by atoms with Gasteiger partial charge in [-0.2, -0.15) is 0 Å². The molecule has 0 saturated carbocycles. The molecule has 16 heavy (non-hydrogen) atoms. The first-order valence-electron chi connectivity index (χ1n) is 5.86.